The van der Waals surface area contributed by atoms with Gasteiger partial charge in [0.15, 0.2) is 0 Å². The van der Waals surface area contributed by atoms with Crippen molar-refractivity contribution in [2.45, 2.75) is 20.0 Å². The van der Waals surface area contributed by atoms with Gasteiger partial charge >= 0.3 is 5.32 Å². The zero-order valence-electron chi connectivity index (χ0n) is 4.60. The summed E-state index contributed by atoms with van der Waals surface area (Å²) in [6.07, 6.45) is -0.303. The van der Waals surface area contributed by atoms with Gasteiger partial charge in [-0.3, -0.25) is 4.52 Å². The third-order valence-electron chi connectivity index (χ3n) is 0.334. The molecule has 1 unspecified atom stereocenters. The zero-order chi connectivity index (χ0) is 6.78. The highest BCUT2D eigenvalue weighted by molar-refractivity contribution is 14.2. The monoisotopic (exact) mass is 252 g/mol. The molecule has 0 aliphatic rings. The molecule has 0 saturated heterocycles. The van der Waals surface area contributed by atoms with Crippen molar-refractivity contribution in [1.29, 1.82) is 0 Å². The van der Waals surface area contributed by atoms with Crippen LogP contribution in [0.25, 0.3) is 0 Å². The number of halogens is 2. The molecule has 0 amide bonds. The molecule has 2 nitrogen and oxygen atoms in total. The Bertz CT molecular complexity index is 110. The summed E-state index contributed by atoms with van der Waals surface area (Å²) in [5.41, 5.74) is 0. The van der Waals surface area contributed by atoms with E-state index in [-0.39, 0.29) is 6.10 Å². The fraction of sp³-hybridized carbons (Fsp3) is 1.00. The van der Waals surface area contributed by atoms with Gasteiger partial charge in [-0.15, -0.1) is 4.20 Å². The van der Waals surface area contributed by atoms with Gasteiger partial charge in [0.1, 0.15) is 0 Å². The van der Waals surface area contributed by atoms with E-state index in [1.807, 2.05) is 0 Å². The molecular formula is C3H7FIO2P. The Kier molecular flexibility index (Phi) is 3.46. The Morgan fingerprint density at radius 1 is 1.75 bits per heavy atom. The van der Waals surface area contributed by atoms with E-state index in [0.717, 1.165) is 22.0 Å². The molecule has 0 spiro atoms. The molecule has 5 heteroatoms. The van der Waals surface area contributed by atoms with Gasteiger partial charge in [0, 0.05) is 0 Å². The molecule has 8 heavy (non-hydrogen) atoms. The molecule has 0 saturated carbocycles. The van der Waals surface area contributed by atoms with Gasteiger partial charge in [-0.05, 0) is 13.8 Å². The molecule has 0 rings (SSSR count). The highest BCUT2D eigenvalue weighted by Gasteiger charge is 2.16. The summed E-state index contributed by atoms with van der Waals surface area (Å²) in [5.74, 6) is 0. The highest BCUT2D eigenvalue weighted by atomic mass is 127. The number of hydrogen-bond donors (Lipinski definition) is 0. The van der Waals surface area contributed by atoms with Crippen LogP contribution in [0.5, 0.6) is 0 Å². The molecule has 0 aromatic rings. The first kappa shape index (κ1) is 8.85. The van der Waals surface area contributed by atoms with Crippen molar-refractivity contribution in [2.24, 2.45) is 0 Å². The second kappa shape index (κ2) is 3.13. The zero-order valence-corrected chi connectivity index (χ0v) is 7.65. The molecule has 0 radical (unpaired) electrons. The minimum absolute atomic E-state index is 0.303. The Morgan fingerprint density at radius 2 is 2.12 bits per heavy atom. The molecule has 0 aromatic heterocycles. The SMILES string of the molecule is CC(C)OP(=O)(F)I. The summed E-state index contributed by atoms with van der Waals surface area (Å²) >= 11 is 1.16. The van der Waals surface area contributed by atoms with Crippen LogP contribution in [0.2, 0.25) is 0 Å². The lowest BCUT2D eigenvalue weighted by Gasteiger charge is -2.04. The van der Waals surface area contributed by atoms with Crippen LogP contribution < -0.4 is 0 Å². The van der Waals surface area contributed by atoms with Crippen molar-refractivity contribution < 1.29 is 13.3 Å². The van der Waals surface area contributed by atoms with E-state index in [9.17, 15) is 8.76 Å². The third kappa shape index (κ3) is 6.85. The second-order valence-electron chi connectivity index (χ2n) is 1.57. The Hall–Kier alpha value is 0.850. The maximum atomic E-state index is 12.0. The van der Waals surface area contributed by atoms with Crippen molar-refractivity contribution in [2.75, 3.05) is 0 Å². The van der Waals surface area contributed by atoms with Crippen LogP contribution >= 0.6 is 27.4 Å². The third-order valence-corrected chi connectivity index (χ3v) is 1.68. The summed E-state index contributed by atoms with van der Waals surface area (Å²) in [5, 5.41) is -3.75. The van der Waals surface area contributed by atoms with E-state index >= 15 is 0 Å². The summed E-state index contributed by atoms with van der Waals surface area (Å²) in [4.78, 5) is 0. The van der Waals surface area contributed by atoms with Gasteiger partial charge in [0.2, 0.25) is 0 Å². The minimum Gasteiger partial charge on any atom is -0.296 e. The van der Waals surface area contributed by atoms with Crippen molar-refractivity contribution in [1.82, 2.24) is 0 Å². The van der Waals surface area contributed by atoms with E-state index in [1.54, 1.807) is 13.8 Å². The van der Waals surface area contributed by atoms with Crippen molar-refractivity contribution >= 4 is 27.4 Å². The molecular weight excluding hydrogens is 245 g/mol. The van der Waals surface area contributed by atoms with E-state index in [4.69, 9.17) is 0 Å². The molecule has 0 aliphatic heterocycles. The number of rotatable bonds is 2. The Labute approximate surface area is 60.9 Å². The van der Waals surface area contributed by atoms with Gasteiger partial charge in [0.25, 0.3) is 0 Å². The Balaban J connectivity index is 3.56. The molecule has 0 fully saturated rings. The maximum Gasteiger partial charge on any atom is 0.424 e. The predicted molar refractivity (Wildman–Crippen MR) is 39.0 cm³/mol. The molecule has 1 atom stereocenters. The molecule has 50 valence electrons. The van der Waals surface area contributed by atoms with Crippen LogP contribution in [0.1, 0.15) is 13.8 Å². The fourth-order valence-corrected chi connectivity index (χ4v) is 2.10. The highest BCUT2D eigenvalue weighted by Crippen LogP contribution is 2.58. The summed E-state index contributed by atoms with van der Waals surface area (Å²) < 4.78 is 26.4. The van der Waals surface area contributed by atoms with Crippen LogP contribution in [0, 0.1) is 0 Å². The normalized spacial score (nSPS) is 18.6. The van der Waals surface area contributed by atoms with Gasteiger partial charge < -0.3 is 0 Å². The van der Waals surface area contributed by atoms with Crippen LogP contribution in [-0.4, -0.2) is 6.10 Å². The van der Waals surface area contributed by atoms with Crippen LogP contribution in [0.3, 0.4) is 0 Å². The first-order chi connectivity index (χ1) is 3.42. The summed E-state index contributed by atoms with van der Waals surface area (Å²) in [7, 11) is 0. The van der Waals surface area contributed by atoms with E-state index in [2.05, 4.69) is 4.52 Å². The molecule has 0 heterocycles. The van der Waals surface area contributed by atoms with Crippen molar-refractivity contribution in [3.63, 3.8) is 0 Å². The standard InChI is InChI=1S/C3H7FIO2P/c1-3(2)7-8(4,5)6/h3H,1-2H3. The van der Waals surface area contributed by atoms with E-state index in [1.165, 1.54) is 0 Å². The predicted octanol–water partition coefficient (Wildman–Crippen LogP) is 2.92. The molecule has 0 aromatic carbocycles. The first-order valence-corrected chi connectivity index (χ1v) is 6.39. The van der Waals surface area contributed by atoms with Crippen LogP contribution in [0.4, 0.5) is 4.20 Å². The Morgan fingerprint density at radius 3 is 2.12 bits per heavy atom. The van der Waals surface area contributed by atoms with Crippen LogP contribution in [0.15, 0.2) is 0 Å². The van der Waals surface area contributed by atoms with Gasteiger partial charge in [-0.1, -0.05) is 0 Å². The van der Waals surface area contributed by atoms with E-state index in [0.29, 0.717) is 0 Å². The van der Waals surface area contributed by atoms with Gasteiger partial charge in [-0.25, -0.2) is 4.57 Å². The van der Waals surface area contributed by atoms with Gasteiger partial charge in [0.05, 0.1) is 28.1 Å². The lowest BCUT2D eigenvalue weighted by Crippen LogP contribution is -1.94. The minimum atomic E-state index is -3.75. The fourth-order valence-electron chi connectivity index (χ4n) is 0.245. The molecule has 0 N–H and O–H groups in total. The first-order valence-electron chi connectivity index (χ1n) is 2.09. The molecule has 0 aliphatic carbocycles. The average molecular weight is 252 g/mol. The van der Waals surface area contributed by atoms with Crippen molar-refractivity contribution in [3.8, 4) is 0 Å². The largest absolute Gasteiger partial charge is 0.424 e. The lowest BCUT2D eigenvalue weighted by atomic mass is 10.5. The topological polar surface area (TPSA) is 26.3 Å². The summed E-state index contributed by atoms with van der Waals surface area (Å²) in [6.45, 7) is 3.26. The second-order valence-corrected chi connectivity index (χ2v) is 6.07. The lowest BCUT2D eigenvalue weighted by molar-refractivity contribution is 0.237. The van der Waals surface area contributed by atoms with E-state index < -0.39 is 5.32 Å². The van der Waals surface area contributed by atoms with Crippen molar-refractivity contribution in [3.05, 3.63) is 0 Å². The summed E-state index contributed by atoms with van der Waals surface area (Å²) in [6, 6.07) is 0. The molecule has 0 bridgehead atoms. The van der Waals surface area contributed by atoms with Crippen LogP contribution in [-0.2, 0) is 9.09 Å². The average Bonchev–Trinajstić information content (AvgIpc) is 1.21. The quantitative estimate of drug-likeness (QED) is 0.557. The maximum absolute atomic E-state index is 12.0. The number of hydrogen-bond acceptors (Lipinski definition) is 2. The van der Waals surface area contributed by atoms with Gasteiger partial charge in [-0.2, -0.15) is 0 Å². The smallest absolute Gasteiger partial charge is 0.296 e.